The highest BCUT2D eigenvalue weighted by Crippen LogP contribution is 2.27. The zero-order chi connectivity index (χ0) is 15.9. The fourth-order valence-corrected chi connectivity index (χ4v) is 2.37. The van der Waals surface area contributed by atoms with Gasteiger partial charge in [0.2, 0.25) is 0 Å². The second kappa shape index (κ2) is 7.79. The Morgan fingerprint density at radius 3 is 2.41 bits per heavy atom. The quantitative estimate of drug-likeness (QED) is 0.653. The van der Waals surface area contributed by atoms with E-state index < -0.39 is 0 Å². The third-order valence-electron chi connectivity index (χ3n) is 3.51. The van der Waals surface area contributed by atoms with Crippen molar-refractivity contribution in [1.29, 1.82) is 0 Å². The van der Waals surface area contributed by atoms with E-state index in [2.05, 4.69) is 31.2 Å². The molecule has 2 rings (SSSR count). The highest BCUT2D eigenvalue weighted by molar-refractivity contribution is 5.50. The second-order valence-electron chi connectivity index (χ2n) is 5.64. The highest BCUT2D eigenvalue weighted by atomic mass is 19.1. The van der Waals surface area contributed by atoms with Crippen molar-refractivity contribution in [1.82, 2.24) is 0 Å². The van der Waals surface area contributed by atoms with Crippen LogP contribution in [0.15, 0.2) is 54.6 Å². The van der Waals surface area contributed by atoms with E-state index in [1.807, 2.05) is 38.1 Å². The summed E-state index contributed by atoms with van der Waals surface area (Å²) in [5, 5.41) is 0. The number of hydrogen-bond donors (Lipinski definition) is 0. The molecule has 0 saturated carbocycles. The number of rotatable bonds is 6. The summed E-state index contributed by atoms with van der Waals surface area (Å²) in [6, 6.07) is 15.4. The topological polar surface area (TPSA) is 9.23 Å². The van der Waals surface area contributed by atoms with E-state index in [1.54, 1.807) is 12.1 Å². The molecule has 0 fully saturated rings. The molecule has 0 radical (unpaired) electrons. The van der Waals surface area contributed by atoms with Crippen molar-refractivity contribution < 1.29 is 9.13 Å². The van der Waals surface area contributed by atoms with Gasteiger partial charge in [0.25, 0.3) is 0 Å². The van der Waals surface area contributed by atoms with Gasteiger partial charge < -0.3 is 4.74 Å². The van der Waals surface area contributed by atoms with Gasteiger partial charge in [0, 0.05) is 5.92 Å². The van der Waals surface area contributed by atoms with Gasteiger partial charge in [-0.25, -0.2) is 4.39 Å². The molecule has 1 atom stereocenters. The monoisotopic (exact) mass is 298 g/mol. The molecule has 1 nitrogen and oxygen atoms in total. The maximum Gasteiger partial charge on any atom is 0.165 e. The minimum atomic E-state index is -0.294. The molecule has 0 N–H and O–H groups in total. The first-order chi connectivity index (χ1) is 10.6. The molecule has 2 aromatic rings. The van der Waals surface area contributed by atoms with Crippen LogP contribution in [0.5, 0.6) is 5.75 Å². The normalized spacial score (nSPS) is 12.8. The molecule has 0 aromatic heterocycles. The Bertz CT molecular complexity index is 617. The molecular formula is C20H23FO. The van der Waals surface area contributed by atoms with Gasteiger partial charge in [-0.3, -0.25) is 0 Å². The fraction of sp³-hybridized carbons (Fsp3) is 0.300. The molecule has 0 bridgehead atoms. The van der Waals surface area contributed by atoms with E-state index >= 15 is 0 Å². The van der Waals surface area contributed by atoms with E-state index in [0.717, 1.165) is 17.5 Å². The minimum absolute atomic E-state index is 0.0275. The van der Waals surface area contributed by atoms with Crippen LogP contribution in [0.25, 0.3) is 6.08 Å². The molecule has 0 heterocycles. The number of ether oxygens (including phenoxy) is 1. The maximum atomic E-state index is 14.1. The van der Waals surface area contributed by atoms with Crippen molar-refractivity contribution in [3.05, 3.63) is 71.6 Å². The van der Waals surface area contributed by atoms with Gasteiger partial charge >= 0.3 is 0 Å². The van der Waals surface area contributed by atoms with Crippen molar-refractivity contribution in [2.75, 3.05) is 0 Å². The first-order valence-electron chi connectivity index (χ1n) is 7.79. The van der Waals surface area contributed by atoms with Gasteiger partial charge in [-0.05, 0) is 43.5 Å². The Balaban J connectivity index is 2.17. The summed E-state index contributed by atoms with van der Waals surface area (Å²) in [4.78, 5) is 0. The smallest absolute Gasteiger partial charge is 0.165 e. The van der Waals surface area contributed by atoms with Crippen LogP contribution in [-0.2, 0) is 0 Å². The molecule has 0 saturated heterocycles. The lowest BCUT2D eigenvalue weighted by atomic mass is 9.95. The van der Waals surface area contributed by atoms with Crippen LogP contribution in [0.3, 0.4) is 0 Å². The summed E-state index contributed by atoms with van der Waals surface area (Å²) < 4.78 is 19.6. The number of allylic oxidation sites excluding steroid dienone is 1. The summed E-state index contributed by atoms with van der Waals surface area (Å²) >= 11 is 0. The zero-order valence-electron chi connectivity index (χ0n) is 13.4. The lowest BCUT2D eigenvalue weighted by Crippen LogP contribution is -2.07. The molecule has 116 valence electrons. The van der Waals surface area contributed by atoms with E-state index in [9.17, 15) is 4.39 Å². The van der Waals surface area contributed by atoms with E-state index in [-0.39, 0.29) is 17.8 Å². The van der Waals surface area contributed by atoms with Crippen molar-refractivity contribution in [3.63, 3.8) is 0 Å². The van der Waals surface area contributed by atoms with Gasteiger partial charge in [0.15, 0.2) is 11.6 Å². The Labute approximate surface area is 132 Å². The van der Waals surface area contributed by atoms with Crippen molar-refractivity contribution in [3.8, 4) is 5.75 Å². The molecule has 0 aliphatic heterocycles. The van der Waals surface area contributed by atoms with Crippen LogP contribution in [0.2, 0.25) is 0 Å². The zero-order valence-corrected chi connectivity index (χ0v) is 13.4. The Morgan fingerprint density at radius 2 is 1.82 bits per heavy atom. The van der Waals surface area contributed by atoms with Crippen LogP contribution in [-0.4, -0.2) is 6.10 Å². The van der Waals surface area contributed by atoms with Crippen molar-refractivity contribution in [2.24, 2.45) is 0 Å². The molecular weight excluding hydrogens is 275 g/mol. The first kappa shape index (κ1) is 16.3. The lowest BCUT2D eigenvalue weighted by molar-refractivity contribution is 0.231. The molecule has 1 unspecified atom stereocenters. The van der Waals surface area contributed by atoms with Crippen LogP contribution in [0, 0.1) is 5.82 Å². The standard InChI is InChI=1S/C20H23FO/c1-4-17(11-10-16-8-6-5-7-9-16)18-12-13-20(19(21)14-18)22-15(2)3/h5-15,17H,4H2,1-3H3/b11-10+. The maximum absolute atomic E-state index is 14.1. The first-order valence-corrected chi connectivity index (χ1v) is 7.79. The predicted molar refractivity (Wildman–Crippen MR) is 90.7 cm³/mol. The minimum Gasteiger partial charge on any atom is -0.488 e. The predicted octanol–water partition coefficient (Wildman–Crippen LogP) is 5.82. The summed E-state index contributed by atoms with van der Waals surface area (Å²) in [5.41, 5.74) is 2.13. The Hall–Kier alpha value is -2.09. The Kier molecular flexibility index (Phi) is 5.76. The van der Waals surface area contributed by atoms with Crippen LogP contribution >= 0.6 is 0 Å². The fourth-order valence-electron chi connectivity index (χ4n) is 2.37. The van der Waals surface area contributed by atoms with Gasteiger partial charge in [0.1, 0.15) is 0 Å². The van der Waals surface area contributed by atoms with Crippen LogP contribution in [0.4, 0.5) is 4.39 Å². The van der Waals surface area contributed by atoms with Crippen LogP contribution < -0.4 is 4.74 Å². The summed E-state index contributed by atoms with van der Waals surface area (Å²) in [5.74, 6) is 0.223. The van der Waals surface area contributed by atoms with Gasteiger partial charge in [-0.1, -0.05) is 55.5 Å². The Morgan fingerprint density at radius 1 is 1.09 bits per heavy atom. The largest absolute Gasteiger partial charge is 0.488 e. The SMILES string of the molecule is CCC(/C=C/c1ccccc1)c1ccc(OC(C)C)c(F)c1. The molecule has 0 spiro atoms. The lowest BCUT2D eigenvalue weighted by Gasteiger charge is -2.14. The van der Waals surface area contributed by atoms with Gasteiger partial charge in [-0.15, -0.1) is 0 Å². The number of halogens is 1. The van der Waals surface area contributed by atoms with E-state index in [0.29, 0.717) is 5.75 Å². The molecule has 0 amide bonds. The van der Waals surface area contributed by atoms with Crippen molar-refractivity contribution >= 4 is 6.08 Å². The molecule has 2 heteroatoms. The van der Waals surface area contributed by atoms with Crippen molar-refractivity contribution in [2.45, 2.75) is 39.2 Å². The van der Waals surface area contributed by atoms with E-state index in [1.165, 1.54) is 0 Å². The third kappa shape index (κ3) is 4.45. The molecule has 22 heavy (non-hydrogen) atoms. The van der Waals surface area contributed by atoms with Crippen LogP contribution in [0.1, 0.15) is 44.2 Å². The summed E-state index contributed by atoms with van der Waals surface area (Å²) in [6.45, 7) is 5.89. The summed E-state index contributed by atoms with van der Waals surface area (Å²) in [7, 11) is 0. The van der Waals surface area contributed by atoms with Gasteiger partial charge in [-0.2, -0.15) is 0 Å². The molecule has 0 aliphatic rings. The second-order valence-corrected chi connectivity index (χ2v) is 5.64. The summed E-state index contributed by atoms with van der Waals surface area (Å²) in [6.07, 6.45) is 5.12. The molecule has 2 aromatic carbocycles. The number of benzene rings is 2. The average molecular weight is 298 g/mol. The average Bonchev–Trinajstić information content (AvgIpc) is 2.51. The van der Waals surface area contributed by atoms with Gasteiger partial charge in [0.05, 0.1) is 6.10 Å². The van der Waals surface area contributed by atoms with E-state index in [4.69, 9.17) is 4.74 Å². The highest BCUT2D eigenvalue weighted by Gasteiger charge is 2.11. The molecule has 0 aliphatic carbocycles. The number of hydrogen-bond acceptors (Lipinski definition) is 1. The third-order valence-corrected chi connectivity index (χ3v) is 3.51.